The van der Waals surface area contributed by atoms with Crippen LogP contribution in [-0.4, -0.2) is 42.0 Å². The molecule has 0 amide bonds. The van der Waals surface area contributed by atoms with E-state index in [0.29, 0.717) is 19.4 Å². The Morgan fingerprint density at radius 1 is 1.20 bits per heavy atom. The molecule has 1 saturated carbocycles. The van der Waals surface area contributed by atoms with E-state index in [2.05, 4.69) is 0 Å². The molecule has 1 aromatic rings. The van der Waals surface area contributed by atoms with Gasteiger partial charge in [0, 0.05) is 31.4 Å². The summed E-state index contributed by atoms with van der Waals surface area (Å²) in [4.78, 5) is 33.0. The van der Waals surface area contributed by atoms with Crippen LogP contribution in [0.2, 0.25) is 0 Å². The van der Waals surface area contributed by atoms with Gasteiger partial charge in [0.05, 0.1) is 17.6 Å². The van der Waals surface area contributed by atoms with Crippen LogP contribution in [0.5, 0.6) is 5.75 Å². The molecule has 4 unspecified atom stereocenters. The number of hydrogen-bond donors (Lipinski definition) is 0. The SMILES string of the molecule is CC(=O)OC1COC2CC(OC(=O)Oc3ccc([N+](=O)[O-])cc3)CC21. The maximum atomic E-state index is 11.9. The molecule has 0 bridgehead atoms. The second kappa shape index (κ2) is 7.06. The smallest absolute Gasteiger partial charge is 0.460 e. The molecule has 9 heteroatoms. The summed E-state index contributed by atoms with van der Waals surface area (Å²) in [5.74, 6) is -0.208. The Kier molecular flexibility index (Phi) is 4.84. The molecule has 1 heterocycles. The molecule has 9 nitrogen and oxygen atoms in total. The number of benzene rings is 1. The van der Waals surface area contributed by atoms with Crippen molar-refractivity contribution >= 4 is 17.8 Å². The number of fused-ring (bicyclic) bond motifs is 1. The van der Waals surface area contributed by atoms with E-state index >= 15 is 0 Å². The largest absolute Gasteiger partial charge is 0.514 e. The van der Waals surface area contributed by atoms with E-state index in [9.17, 15) is 19.7 Å². The lowest BCUT2D eigenvalue weighted by atomic mass is 10.0. The van der Waals surface area contributed by atoms with Crippen LogP contribution in [0.3, 0.4) is 0 Å². The van der Waals surface area contributed by atoms with Gasteiger partial charge in [-0.2, -0.15) is 0 Å². The van der Waals surface area contributed by atoms with Crippen molar-refractivity contribution in [3.8, 4) is 5.75 Å². The second-order valence-electron chi connectivity index (χ2n) is 6.00. The molecule has 1 saturated heterocycles. The summed E-state index contributed by atoms with van der Waals surface area (Å²) in [7, 11) is 0. The number of non-ortho nitro benzene ring substituents is 1. The lowest BCUT2D eigenvalue weighted by Gasteiger charge is -2.17. The van der Waals surface area contributed by atoms with E-state index in [1.165, 1.54) is 31.2 Å². The Morgan fingerprint density at radius 2 is 1.92 bits per heavy atom. The number of carbonyl (C=O) groups is 2. The van der Waals surface area contributed by atoms with Crippen molar-refractivity contribution in [1.82, 2.24) is 0 Å². The van der Waals surface area contributed by atoms with E-state index in [1.807, 2.05) is 0 Å². The van der Waals surface area contributed by atoms with Crippen molar-refractivity contribution < 1.29 is 33.5 Å². The number of rotatable bonds is 4. The van der Waals surface area contributed by atoms with Crippen molar-refractivity contribution in [3.63, 3.8) is 0 Å². The van der Waals surface area contributed by atoms with Gasteiger partial charge in [-0.25, -0.2) is 4.79 Å². The zero-order chi connectivity index (χ0) is 18.0. The van der Waals surface area contributed by atoms with Crippen LogP contribution in [-0.2, 0) is 19.0 Å². The fraction of sp³-hybridized carbons (Fsp3) is 0.500. The number of ether oxygens (including phenoxy) is 4. The predicted molar refractivity (Wildman–Crippen MR) is 82.0 cm³/mol. The van der Waals surface area contributed by atoms with Crippen LogP contribution in [0.15, 0.2) is 24.3 Å². The highest BCUT2D eigenvalue weighted by Gasteiger charge is 2.47. The number of nitro benzene ring substituents is 1. The van der Waals surface area contributed by atoms with Crippen molar-refractivity contribution in [1.29, 1.82) is 0 Å². The topological polar surface area (TPSA) is 114 Å². The molecular weight excluding hydrogens is 334 g/mol. The minimum absolute atomic E-state index is 0.000995. The lowest BCUT2D eigenvalue weighted by Crippen LogP contribution is -2.26. The first-order chi connectivity index (χ1) is 11.9. The lowest BCUT2D eigenvalue weighted by molar-refractivity contribution is -0.384. The highest BCUT2D eigenvalue weighted by Crippen LogP contribution is 2.39. The summed E-state index contributed by atoms with van der Waals surface area (Å²) >= 11 is 0. The highest BCUT2D eigenvalue weighted by atomic mass is 16.7. The molecule has 1 aliphatic carbocycles. The summed E-state index contributed by atoms with van der Waals surface area (Å²) in [5, 5.41) is 10.6. The maximum Gasteiger partial charge on any atom is 0.514 e. The summed E-state index contributed by atoms with van der Waals surface area (Å²) in [6.45, 7) is 1.70. The van der Waals surface area contributed by atoms with E-state index in [4.69, 9.17) is 18.9 Å². The van der Waals surface area contributed by atoms with Crippen LogP contribution in [0.1, 0.15) is 19.8 Å². The minimum atomic E-state index is -0.886. The van der Waals surface area contributed by atoms with Crippen LogP contribution in [0, 0.1) is 16.0 Å². The van der Waals surface area contributed by atoms with Gasteiger partial charge in [-0.15, -0.1) is 0 Å². The first-order valence-electron chi connectivity index (χ1n) is 7.84. The molecule has 3 rings (SSSR count). The third-order valence-corrected chi connectivity index (χ3v) is 4.29. The highest BCUT2D eigenvalue weighted by molar-refractivity contribution is 5.66. The van der Waals surface area contributed by atoms with Gasteiger partial charge in [-0.1, -0.05) is 0 Å². The molecule has 25 heavy (non-hydrogen) atoms. The van der Waals surface area contributed by atoms with E-state index in [1.54, 1.807) is 0 Å². The van der Waals surface area contributed by atoms with Crippen LogP contribution < -0.4 is 4.74 Å². The molecule has 1 aromatic carbocycles. The molecular formula is C16H17NO8. The Bertz CT molecular complexity index is 673. The second-order valence-corrected chi connectivity index (χ2v) is 6.00. The normalized spacial score (nSPS) is 27.4. The number of carbonyl (C=O) groups excluding carboxylic acids is 2. The summed E-state index contributed by atoms with van der Waals surface area (Å²) < 4.78 is 21.1. The van der Waals surface area contributed by atoms with Crippen LogP contribution in [0.4, 0.5) is 10.5 Å². The molecule has 2 aliphatic rings. The maximum absolute atomic E-state index is 11.9. The van der Waals surface area contributed by atoms with Crippen molar-refractivity contribution in [2.75, 3.05) is 6.61 Å². The number of nitro groups is 1. The predicted octanol–water partition coefficient (Wildman–Crippen LogP) is 2.22. The van der Waals surface area contributed by atoms with E-state index in [-0.39, 0.29) is 41.6 Å². The van der Waals surface area contributed by atoms with Crippen LogP contribution >= 0.6 is 0 Å². The average molecular weight is 351 g/mol. The monoisotopic (exact) mass is 351 g/mol. The Balaban J connectivity index is 1.51. The molecule has 0 radical (unpaired) electrons. The van der Waals surface area contributed by atoms with Gasteiger partial charge < -0.3 is 18.9 Å². The Labute approximate surface area is 142 Å². The molecule has 0 N–H and O–H groups in total. The van der Waals surface area contributed by atoms with Gasteiger partial charge >= 0.3 is 12.1 Å². The van der Waals surface area contributed by atoms with Gasteiger partial charge in [0.2, 0.25) is 0 Å². The molecule has 1 aliphatic heterocycles. The summed E-state index contributed by atoms with van der Waals surface area (Å²) in [6, 6.07) is 5.12. The Morgan fingerprint density at radius 3 is 2.56 bits per heavy atom. The minimum Gasteiger partial charge on any atom is -0.460 e. The summed E-state index contributed by atoms with van der Waals surface area (Å²) in [6.07, 6.45) is -0.666. The van der Waals surface area contributed by atoms with Crippen molar-refractivity contribution in [2.24, 2.45) is 5.92 Å². The number of esters is 1. The molecule has 134 valence electrons. The fourth-order valence-electron chi connectivity index (χ4n) is 3.23. The van der Waals surface area contributed by atoms with Gasteiger partial charge in [0.15, 0.2) is 0 Å². The molecule has 2 fully saturated rings. The van der Waals surface area contributed by atoms with E-state index < -0.39 is 11.1 Å². The first kappa shape index (κ1) is 17.2. The fourth-order valence-corrected chi connectivity index (χ4v) is 3.23. The zero-order valence-corrected chi connectivity index (χ0v) is 13.5. The van der Waals surface area contributed by atoms with Gasteiger partial charge in [-0.3, -0.25) is 14.9 Å². The number of hydrogen-bond acceptors (Lipinski definition) is 8. The van der Waals surface area contributed by atoms with Crippen molar-refractivity contribution in [3.05, 3.63) is 34.4 Å². The third kappa shape index (κ3) is 4.05. The van der Waals surface area contributed by atoms with Gasteiger partial charge in [0.1, 0.15) is 18.0 Å². The first-order valence-corrected chi connectivity index (χ1v) is 7.84. The zero-order valence-electron chi connectivity index (χ0n) is 13.5. The molecule has 0 spiro atoms. The summed E-state index contributed by atoms with van der Waals surface area (Å²) in [5.41, 5.74) is -0.0991. The van der Waals surface area contributed by atoms with Gasteiger partial charge in [0.25, 0.3) is 5.69 Å². The molecule has 0 aromatic heterocycles. The van der Waals surface area contributed by atoms with Gasteiger partial charge in [-0.05, 0) is 18.6 Å². The number of nitrogens with zero attached hydrogens (tertiary/aromatic N) is 1. The van der Waals surface area contributed by atoms with Crippen molar-refractivity contribution in [2.45, 2.75) is 38.1 Å². The molecule has 4 atom stereocenters. The average Bonchev–Trinajstić information content (AvgIpc) is 3.09. The van der Waals surface area contributed by atoms with E-state index in [0.717, 1.165) is 0 Å². The third-order valence-electron chi connectivity index (χ3n) is 4.29. The quantitative estimate of drug-likeness (QED) is 0.351. The standard InChI is InChI=1S/C16H17NO8/c1-9(18)23-15-8-22-14-7-12(6-13(14)15)25-16(19)24-11-4-2-10(3-5-11)17(20)21/h2-5,12-15H,6-8H2,1H3. The van der Waals surface area contributed by atoms with Crippen LogP contribution in [0.25, 0.3) is 0 Å². The Hall–Kier alpha value is -2.68.